The summed E-state index contributed by atoms with van der Waals surface area (Å²) in [6.07, 6.45) is 7.61. The van der Waals surface area contributed by atoms with Crippen molar-refractivity contribution in [3.63, 3.8) is 0 Å². The molecular formula is C13H29NO. The number of ether oxygens (including phenoxy) is 1. The van der Waals surface area contributed by atoms with Crippen LogP contribution in [0.5, 0.6) is 0 Å². The monoisotopic (exact) mass is 215 g/mol. The van der Waals surface area contributed by atoms with Gasteiger partial charge in [-0.05, 0) is 19.3 Å². The summed E-state index contributed by atoms with van der Waals surface area (Å²) in [4.78, 5) is 0. The van der Waals surface area contributed by atoms with Gasteiger partial charge in [0.25, 0.3) is 0 Å². The quantitative estimate of drug-likeness (QED) is 0.534. The third kappa shape index (κ3) is 10.2. The van der Waals surface area contributed by atoms with E-state index in [0.717, 1.165) is 19.8 Å². The molecule has 0 atom stereocenters. The van der Waals surface area contributed by atoms with Crippen molar-refractivity contribution in [2.24, 2.45) is 0 Å². The Balaban J connectivity index is 3.04. The van der Waals surface area contributed by atoms with Crippen molar-refractivity contribution >= 4 is 0 Å². The highest BCUT2D eigenvalue weighted by molar-refractivity contribution is 4.61. The zero-order valence-electron chi connectivity index (χ0n) is 10.8. The summed E-state index contributed by atoms with van der Waals surface area (Å²) < 4.78 is 5.56. The molecule has 0 amide bonds. The van der Waals surface area contributed by atoms with Gasteiger partial charge in [-0.1, -0.05) is 40.0 Å². The minimum atomic E-state index is 0.675. The fourth-order valence-electron chi connectivity index (χ4n) is 1.65. The van der Waals surface area contributed by atoms with Gasteiger partial charge in [0.05, 0.1) is 6.61 Å². The van der Waals surface area contributed by atoms with E-state index in [2.05, 4.69) is 26.1 Å². The van der Waals surface area contributed by atoms with Crippen LogP contribution in [-0.2, 0) is 4.74 Å². The summed E-state index contributed by atoms with van der Waals surface area (Å²) in [6, 6.07) is 0.675. The Morgan fingerprint density at radius 1 is 0.933 bits per heavy atom. The molecule has 92 valence electrons. The Bertz CT molecular complexity index is 113. The van der Waals surface area contributed by atoms with E-state index in [1.807, 2.05) is 0 Å². The second-order valence-corrected chi connectivity index (χ2v) is 4.14. The lowest BCUT2D eigenvalue weighted by atomic mass is 10.2. The van der Waals surface area contributed by atoms with Gasteiger partial charge in [-0.25, -0.2) is 0 Å². The molecule has 1 N–H and O–H groups in total. The first-order chi connectivity index (χ1) is 7.35. The van der Waals surface area contributed by atoms with Crippen molar-refractivity contribution in [1.29, 1.82) is 0 Å². The lowest BCUT2D eigenvalue weighted by Gasteiger charge is -2.14. The molecule has 0 heterocycles. The largest absolute Gasteiger partial charge is 0.380 e. The van der Waals surface area contributed by atoms with Crippen LogP contribution < -0.4 is 5.32 Å². The first-order valence-corrected chi connectivity index (χ1v) is 6.66. The predicted molar refractivity (Wildman–Crippen MR) is 67.3 cm³/mol. The summed E-state index contributed by atoms with van der Waals surface area (Å²) in [5, 5.41) is 3.50. The molecule has 0 spiro atoms. The smallest absolute Gasteiger partial charge is 0.0590 e. The van der Waals surface area contributed by atoms with Gasteiger partial charge in [0.15, 0.2) is 0 Å². The van der Waals surface area contributed by atoms with E-state index in [1.165, 1.54) is 38.5 Å². The average molecular weight is 215 g/mol. The van der Waals surface area contributed by atoms with Crippen LogP contribution in [0.3, 0.4) is 0 Å². The van der Waals surface area contributed by atoms with Crippen molar-refractivity contribution in [3.8, 4) is 0 Å². The van der Waals surface area contributed by atoms with E-state index in [0.29, 0.717) is 6.04 Å². The molecule has 0 saturated heterocycles. The molecule has 2 heteroatoms. The van der Waals surface area contributed by atoms with E-state index >= 15 is 0 Å². The molecule has 0 fully saturated rings. The first kappa shape index (κ1) is 14.9. The number of rotatable bonds is 11. The normalized spacial score (nSPS) is 11.2. The maximum absolute atomic E-state index is 5.56. The topological polar surface area (TPSA) is 21.3 Å². The number of nitrogens with one attached hydrogen (secondary N) is 1. The molecule has 0 aromatic carbocycles. The zero-order valence-corrected chi connectivity index (χ0v) is 10.8. The maximum atomic E-state index is 5.56. The molecule has 0 aromatic heterocycles. The van der Waals surface area contributed by atoms with Crippen molar-refractivity contribution in [2.45, 2.75) is 65.3 Å². The second kappa shape index (κ2) is 12.0. The molecule has 0 unspecified atom stereocenters. The summed E-state index contributed by atoms with van der Waals surface area (Å²) in [7, 11) is 0. The lowest BCUT2D eigenvalue weighted by Crippen LogP contribution is -2.30. The molecule has 0 aliphatic heterocycles. The maximum Gasteiger partial charge on any atom is 0.0590 e. The van der Waals surface area contributed by atoms with Crippen LogP contribution in [0.2, 0.25) is 0 Å². The van der Waals surface area contributed by atoms with E-state index in [9.17, 15) is 0 Å². The molecule has 2 nitrogen and oxygen atoms in total. The molecule has 0 bridgehead atoms. The van der Waals surface area contributed by atoms with Gasteiger partial charge in [0.2, 0.25) is 0 Å². The van der Waals surface area contributed by atoms with Gasteiger partial charge in [0, 0.05) is 19.2 Å². The van der Waals surface area contributed by atoms with Gasteiger partial charge in [-0.15, -0.1) is 0 Å². The standard InChI is InChI=1S/C13H29NO/c1-4-7-8-9-11-15-12-10-14-13(5-2)6-3/h13-14H,4-12H2,1-3H3. The number of hydrogen-bond acceptors (Lipinski definition) is 2. The Labute approximate surface area is 95.8 Å². The molecule has 0 aromatic rings. The predicted octanol–water partition coefficient (Wildman–Crippen LogP) is 3.36. The SMILES string of the molecule is CCCCCCOCCNC(CC)CC. The van der Waals surface area contributed by atoms with E-state index in [-0.39, 0.29) is 0 Å². The highest BCUT2D eigenvalue weighted by atomic mass is 16.5. The van der Waals surface area contributed by atoms with Crippen LogP contribution in [0.25, 0.3) is 0 Å². The lowest BCUT2D eigenvalue weighted by molar-refractivity contribution is 0.129. The number of hydrogen-bond donors (Lipinski definition) is 1. The van der Waals surface area contributed by atoms with Crippen molar-refractivity contribution < 1.29 is 4.74 Å². The van der Waals surface area contributed by atoms with Crippen LogP contribution in [0.15, 0.2) is 0 Å². The highest BCUT2D eigenvalue weighted by Crippen LogP contribution is 1.99. The molecule has 0 radical (unpaired) electrons. The Kier molecular flexibility index (Phi) is 11.9. The minimum absolute atomic E-state index is 0.675. The van der Waals surface area contributed by atoms with Crippen LogP contribution in [0.4, 0.5) is 0 Å². The molecule has 0 rings (SSSR count). The highest BCUT2D eigenvalue weighted by Gasteiger charge is 2.00. The van der Waals surface area contributed by atoms with Gasteiger partial charge >= 0.3 is 0 Å². The zero-order chi connectivity index (χ0) is 11.4. The van der Waals surface area contributed by atoms with Crippen LogP contribution in [0, 0.1) is 0 Å². The average Bonchev–Trinajstić information content (AvgIpc) is 2.27. The van der Waals surface area contributed by atoms with Crippen molar-refractivity contribution in [2.75, 3.05) is 19.8 Å². The second-order valence-electron chi connectivity index (χ2n) is 4.14. The fraction of sp³-hybridized carbons (Fsp3) is 1.00. The minimum Gasteiger partial charge on any atom is -0.380 e. The van der Waals surface area contributed by atoms with E-state index < -0.39 is 0 Å². The summed E-state index contributed by atoms with van der Waals surface area (Å²) in [5.41, 5.74) is 0. The van der Waals surface area contributed by atoms with Gasteiger partial charge in [-0.2, -0.15) is 0 Å². The van der Waals surface area contributed by atoms with Crippen LogP contribution in [-0.4, -0.2) is 25.8 Å². The fourth-order valence-corrected chi connectivity index (χ4v) is 1.65. The van der Waals surface area contributed by atoms with Gasteiger partial charge in [-0.3, -0.25) is 0 Å². The molecule has 0 aliphatic rings. The van der Waals surface area contributed by atoms with E-state index in [4.69, 9.17) is 4.74 Å². The van der Waals surface area contributed by atoms with Crippen LogP contribution >= 0.6 is 0 Å². The van der Waals surface area contributed by atoms with Crippen LogP contribution in [0.1, 0.15) is 59.3 Å². The van der Waals surface area contributed by atoms with Crippen molar-refractivity contribution in [1.82, 2.24) is 5.32 Å². The first-order valence-electron chi connectivity index (χ1n) is 6.66. The summed E-state index contributed by atoms with van der Waals surface area (Å²) >= 11 is 0. The molecular weight excluding hydrogens is 186 g/mol. The van der Waals surface area contributed by atoms with Gasteiger partial charge in [0.1, 0.15) is 0 Å². The van der Waals surface area contributed by atoms with Crippen molar-refractivity contribution in [3.05, 3.63) is 0 Å². The third-order valence-electron chi connectivity index (χ3n) is 2.81. The molecule has 0 aliphatic carbocycles. The molecule has 15 heavy (non-hydrogen) atoms. The summed E-state index contributed by atoms with van der Waals surface area (Å²) in [5.74, 6) is 0. The Hall–Kier alpha value is -0.0800. The summed E-state index contributed by atoms with van der Waals surface area (Å²) in [6.45, 7) is 9.49. The Morgan fingerprint density at radius 3 is 2.27 bits per heavy atom. The third-order valence-corrected chi connectivity index (χ3v) is 2.81. The Morgan fingerprint density at radius 2 is 1.67 bits per heavy atom. The molecule has 0 saturated carbocycles. The van der Waals surface area contributed by atoms with Gasteiger partial charge < -0.3 is 10.1 Å². The number of unbranched alkanes of at least 4 members (excludes halogenated alkanes) is 3. The van der Waals surface area contributed by atoms with E-state index in [1.54, 1.807) is 0 Å².